The van der Waals surface area contributed by atoms with Crippen molar-refractivity contribution >= 4 is 5.91 Å². The van der Waals surface area contributed by atoms with Crippen LogP contribution < -0.4 is 29.0 Å². The van der Waals surface area contributed by atoms with Gasteiger partial charge in [-0.2, -0.15) is 5.10 Å². The smallest absolute Gasteiger partial charge is 0.270 e. The van der Waals surface area contributed by atoms with Crippen LogP contribution in [0, 0.1) is 11.8 Å². The first-order valence-corrected chi connectivity index (χ1v) is 9.72. The number of carbonyl (C=O) groups is 1. The predicted octanol–water partition coefficient (Wildman–Crippen LogP) is 2.63. The Morgan fingerprint density at radius 1 is 1.06 bits per heavy atom. The number of fused-ring (bicyclic) bond motifs is 1. The van der Waals surface area contributed by atoms with Crippen LogP contribution in [0.1, 0.15) is 10.5 Å². The quantitative estimate of drug-likeness (QED) is 0.550. The standard InChI is InChI=1S/C23H21N3O6/c1-28-15-5-7-20(29-2)17(11-15)18-13-19(26-25-18)23(27)24-9-3-4-10-30-16-6-8-21-22(12-16)32-14-31-21/h5-8,11-13H,9-10,14H2,1-2H3,(H,24,27)(H,25,26). The van der Waals surface area contributed by atoms with Gasteiger partial charge in [-0.15, -0.1) is 0 Å². The minimum absolute atomic E-state index is 0.167. The van der Waals surface area contributed by atoms with Gasteiger partial charge in [-0.1, -0.05) is 11.8 Å². The number of aromatic nitrogens is 2. The van der Waals surface area contributed by atoms with Crippen molar-refractivity contribution in [1.29, 1.82) is 0 Å². The fourth-order valence-corrected chi connectivity index (χ4v) is 3.01. The average molecular weight is 435 g/mol. The van der Waals surface area contributed by atoms with E-state index in [0.29, 0.717) is 45.7 Å². The first-order chi connectivity index (χ1) is 15.7. The molecule has 0 saturated carbocycles. The van der Waals surface area contributed by atoms with Gasteiger partial charge in [-0.05, 0) is 36.4 Å². The van der Waals surface area contributed by atoms with Gasteiger partial charge in [0.15, 0.2) is 11.5 Å². The summed E-state index contributed by atoms with van der Waals surface area (Å²) in [5, 5.41) is 9.66. The SMILES string of the molecule is COc1ccc(OC)c(-c2cc(C(=O)NCC#CCOc3ccc4c(c3)OCO4)[nH]n2)c1. The lowest BCUT2D eigenvalue weighted by Gasteiger charge is -2.08. The second kappa shape index (κ2) is 9.66. The van der Waals surface area contributed by atoms with Crippen molar-refractivity contribution in [2.75, 3.05) is 34.2 Å². The van der Waals surface area contributed by atoms with Crippen LogP contribution >= 0.6 is 0 Å². The molecular formula is C23H21N3O6. The summed E-state index contributed by atoms with van der Waals surface area (Å²) in [6.45, 7) is 0.558. The van der Waals surface area contributed by atoms with E-state index >= 15 is 0 Å². The monoisotopic (exact) mass is 435 g/mol. The molecule has 0 saturated heterocycles. The van der Waals surface area contributed by atoms with E-state index in [-0.39, 0.29) is 25.9 Å². The molecule has 1 aliphatic heterocycles. The van der Waals surface area contributed by atoms with Crippen LogP contribution in [0.25, 0.3) is 11.3 Å². The van der Waals surface area contributed by atoms with Crippen LogP contribution in [-0.2, 0) is 0 Å². The fourth-order valence-electron chi connectivity index (χ4n) is 3.01. The Balaban J connectivity index is 1.29. The minimum atomic E-state index is -0.323. The Morgan fingerprint density at radius 3 is 2.75 bits per heavy atom. The number of aromatic amines is 1. The molecule has 1 aromatic heterocycles. The molecule has 9 nitrogen and oxygen atoms in total. The Hall–Kier alpha value is -4.32. The fraction of sp³-hybridized carbons (Fsp3) is 0.217. The zero-order valence-corrected chi connectivity index (χ0v) is 17.6. The molecular weight excluding hydrogens is 414 g/mol. The van der Waals surface area contributed by atoms with E-state index in [4.69, 9.17) is 23.7 Å². The molecule has 9 heteroatoms. The van der Waals surface area contributed by atoms with E-state index in [1.54, 1.807) is 56.7 Å². The molecule has 2 aromatic carbocycles. The van der Waals surface area contributed by atoms with Crippen molar-refractivity contribution in [3.8, 4) is 51.8 Å². The maximum Gasteiger partial charge on any atom is 0.270 e. The minimum Gasteiger partial charge on any atom is -0.497 e. The summed E-state index contributed by atoms with van der Waals surface area (Å²) in [7, 11) is 3.15. The number of nitrogens with zero attached hydrogens (tertiary/aromatic N) is 1. The van der Waals surface area contributed by atoms with Gasteiger partial charge in [0.25, 0.3) is 5.91 Å². The van der Waals surface area contributed by atoms with Crippen molar-refractivity contribution in [3.63, 3.8) is 0 Å². The number of hydrogen-bond acceptors (Lipinski definition) is 7. The van der Waals surface area contributed by atoms with Crippen LogP contribution in [0.2, 0.25) is 0 Å². The zero-order valence-electron chi connectivity index (χ0n) is 17.6. The molecule has 0 spiro atoms. The highest BCUT2D eigenvalue weighted by atomic mass is 16.7. The second-order valence-corrected chi connectivity index (χ2v) is 6.57. The highest BCUT2D eigenvalue weighted by Crippen LogP contribution is 2.35. The van der Waals surface area contributed by atoms with Crippen molar-refractivity contribution in [2.45, 2.75) is 0 Å². The van der Waals surface area contributed by atoms with Gasteiger partial charge in [0, 0.05) is 11.6 Å². The molecule has 0 bridgehead atoms. The van der Waals surface area contributed by atoms with E-state index in [1.807, 2.05) is 0 Å². The molecule has 4 rings (SSSR count). The number of carbonyl (C=O) groups excluding carboxylic acids is 1. The van der Waals surface area contributed by atoms with Crippen molar-refractivity contribution in [1.82, 2.24) is 15.5 Å². The first kappa shape index (κ1) is 20.9. The summed E-state index contributed by atoms with van der Waals surface area (Å²) in [6.07, 6.45) is 0. The third-order valence-electron chi connectivity index (χ3n) is 4.62. The zero-order chi connectivity index (χ0) is 22.3. The molecule has 164 valence electrons. The summed E-state index contributed by atoms with van der Waals surface area (Å²) in [5.74, 6) is 8.63. The highest BCUT2D eigenvalue weighted by molar-refractivity contribution is 5.93. The van der Waals surface area contributed by atoms with E-state index < -0.39 is 0 Å². The molecule has 0 radical (unpaired) electrons. The van der Waals surface area contributed by atoms with Gasteiger partial charge in [0.05, 0.1) is 26.5 Å². The van der Waals surface area contributed by atoms with Crippen LogP contribution in [0.3, 0.4) is 0 Å². The van der Waals surface area contributed by atoms with Crippen LogP contribution in [-0.4, -0.2) is 50.3 Å². The van der Waals surface area contributed by atoms with Crippen LogP contribution in [0.15, 0.2) is 42.5 Å². The number of H-pyrrole nitrogens is 1. The van der Waals surface area contributed by atoms with E-state index in [0.717, 1.165) is 0 Å². The van der Waals surface area contributed by atoms with Gasteiger partial charge in [-0.25, -0.2) is 0 Å². The molecule has 0 fully saturated rings. The summed E-state index contributed by atoms with van der Waals surface area (Å²) < 4.78 is 26.7. The lowest BCUT2D eigenvalue weighted by molar-refractivity contribution is 0.0953. The number of hydrogen-bond donors (Lipinski definition) is 2. The topological polar surface area (TPSA) is 104 Å². The van der Waals surface area contributed by atoms with Gasteiger partial charge in [-0.3, -0.25) is 9.89 Å². The average Bonchev–Trinajstić information content (AvgIpc) is 3.50. The van der Waals surface area contributed by atoms with Gasteiger partial charge >= 0.3 is 0 Å². The molecule has 3 aromatic rings. The molecule has 0 aliphatic carbocycles. The summed E-state index contributed by atoms with van der Waals surface area (Å²) in [4.78, 5) is 12.4. The molecule has 1 amide bonds. The number of nitrogens with one attached hydrogen (secondary N) is 2. The number of amides is 1. The van der Waals surface area contributed by atoms with E-state index in [9.17, 15) is 4.79 Å². The maximum absolute atomic E-state index is 12.4. The molecule has 0 unspecified atom stereocenters. The Bertz CT molecular complexity index is 1180. The van der Waals surface area contributed by atoms with E-state index in [2.05, 4.69) is 27.4 Å². The molecule has 2 heterocycles. The van der Waals surface area contributed by atoms with Gasteiger partial charge in [0.2, 0.25) is 6.79 Å². The predicted molar refractivity (Wildman–Crippen MR) is 115 cm³/mol. The molecule has 0 atom stereocenters. The Morgan fingerprint density at radius 2 is 1.91 bits per heavy atom. The Kier molecular flexibility index (Phi) is 6.32. The van der Waals surface area contributed by atoms with E-state index in [1.165, 1.54) is 0 Å². The number of benzene rings is 2. The normalized spacial score (nSPS) is 11.3. The number of rotatable bonds is 7. The highest BCUT2D eigenvalue weighted by Gasteiger charge is 2.15. The Labute approximate surface area is 184 Å². The lowest BCUT2D eigenvalue weighted by Crippen LogP contribution is -2.24. The third-order valence-corrected chi connectivity index (χ3v) is 4.62. The summed E-state index contributed by atoms with van der Waals surface area (Å²) in [6, 6.07) is 12.3. The second-order valence-electron chi connectivity index (χ2n) is 6.57. The number of methoxy groups -OCH3 is 2. The van der Waals surface area contributed by atoms with Crippen LogP contribution in [0.4, 0.5) is 0 Å². The van der Waals surface area contributed by atoms with Crippen molar-refractivity contribution < 1.29 is 28.5 Å². The lowest BCUT2D eigenvalue weighted by atomic mass is 10.1. The summed E-state index contributed by atoms with van der Waals surface area (Å²) >= 11 is 0. The maximum atomic E-state index is 12.4. The summed E-state index contributed by atoms with van der Waals surface area (Å²) in [5.41, 5.74) is 1.58. The number of ether oxygens (including phenoxy) is 5. The third kappa shape index (κ3) is 4.70. The molecule has 2 N–H and O–H groups in total. The van der Waals surface area contributed by atoms with Crippen molar-refractivity contribution in [3.05, 3.63) is 48.2 Å². The first-order valence-electron chi connectivity index (χ1n) is 9.72. The molecule has 1 aliphatic rings. The van der Waals surface area contributed by atoms with Crippen molar-refractivity contribution in [2.24, 2.45) is 0 Å². The van der Waals surface area contributed by atoms with Gasteiger partial charge in [0.1, 0.15) is 29.5 Å². The largest absolute Gasteiger partial charge is 0.497 e. The van der Waals surface area contributed by atoms with Crippen LogP contribution in [0.5, 0.6) is 28.7 Å². The van der Waals surface area contributed by atoms with Gasteiger partial charge < -0.3 is 29.0 Å². The molecule has 32 heavy (non-hydrogen) atoms.